The molecule has 25 heavy (non-hydrogen) atoms. The van der Waals surface area contributed by atoms with Crippen LogP contribution in [0.25, 0.3) is 21.0 Å². The first-order valence-corrected chi connectivity index (χ1v) is 8.59. The third-order valence-electron chi connectivity index (χ3n) is 3.44. The summed E-state index contributed by atoms with van der Waals surface area (Å²) >= 11 is 2.29. The minimum atomic E-state index is -4.47. The summed E-state index contributed by atoms with van der Waals surface area (Å²) in [6.07, 6.45) is -4.47. The van der Waals surface area contributed by atoms with Gasteiger partial charge in [0, 0.05) is 5.56 Å². The highest BCUT2D eigenvalue weighted by Crippen LogP contribution is 2.46. The van der Waals surface area contributed by atoms with Crippen molar-refractivity contribution < 1.29 is 17.9 Å². The third kappa shape index (κ3) is 3.27. The van der Waals surface area contributed by atoms with Crippen molar-refractivity contribution in [1.82, 2.24) is 9.97 Å². The van der Waals surface area contributed by atoms with Gasteiger partial charge >= 0.3 is 6.18 Å². The lowest BCUT2D eigenvalue weighted by Crippen LogP contribution is -2.05. The van der Waals surface area contributed by atoms with Gasteiger partial charge in [0.15, 0.2) is 10.3 Å². The van der Waals surface area contributed by atoms with Crippen LogP contribution in [0.15, 0.2) is 18.2 Å². The second-order valence-corrected chi connectivity index (χ2v) is 7.17. The number of methoxy groups -OCH3 is 1. The molecule has 0 amide bonds. The molecule has 1 aromatic carbocycles. The first kappa shape index (κ1) is 17.5. The van der Waals surface area contributed by atoms with Gasteiger partial charge in [-0.2, -0.15) is 13.2 Å². The van der Waals surface area contributed by atoms with Crippen molar-refractivity contribution in [3.05, 3.63) is 29.5 Å². The first-order chi connectivity index (χ1) is 11.7. The van der Waals surface area contributed by atoms with Crippen molar-refractivity contribution in [2.24, 2.45) is 0 Å². The fraction of sp³-hybridized carbons (Fsp3) is 0.200. The van der Waals surface area contributed by atoms with E-state index in [1.807, 2.05) is 0 Å². The fourth-order valence-corrected chi connectivity index (χ4v) is 4.13. The molecule has 0 aliphatic rings. The van der Waals surface area contributed by atoms with Gasteiger partial charge in [-0.3, -0.25) is 0 Å². The molecule has 0 fully saturated rings. The van der Waals surface area contributed by atoms with E-state index < -0.39 is 11.7 Å². The molecule has 0 aliphatic heterocycles. The summed E-state index contributed by atoms with van der Waals surface area (Å²) in [5, 5.41) is 0.580. The highest BCUT2D eigenvalue weighted by atomic mass is 32.1. The molecular formula is C15H13F3N4OS2. The van der Waals surface area contributed by atoms with Crippen molar-refractivity contribution >= 4 is 32.9 Å². The number of ether oxygens (including phenoxy) is 1. The van der Waals surface area contributed by atoms with Crippen molar-refractivity contribution in [3.63, 3.8) is 0 Å². The molecule has 10 heteroatoms. The Morgan fingerprint density at radius 3 is 2.24 bits per heavy atom. The Hall–Kier alpha value is -2.33. The van der Waals surface area contributed by atoms with Gasteiger partial charge in [-0.05, 0) is 25.1 Å². The number of hydrogen-bond acceptors (Lipinski definition) is 7. The summed E-state index contributed by atoms with van der Waals surface area (Å²) in [6.45, 7) is 1.75. The second kappa shape index (κ2) is 6.19. The number of nitrogen functional groups attached to an aromatic ring is 2. The number of rotatable bonds is 3. The van der Waals surface area contributed by atoms with E-state index in [2.05, 4.69) is 9.97 Å². The molecule has 3 aromatic rings. The van der Waals surface area contributed by atoms with Crippen LogP contribution in [0.3, 0.4) is 0 Å². The molecule has 0 bridgehead atoms. The summed E-state index contributed by atoms with van der Waals surface area (Å²) in [4.78, 5) is 9.56. The Morgan fingerprint density at radius 2 is 1.68 bits per heavy atom. The van der Waals surface area contributed by atoms with E-state index in [1.165, 1.54) is 24.5 Å². The highest BCUT2D eigenvalue weighted by Gasteiger charge is 2.32. The van der Waals surface area contributed by atoms with Crippen LogP contribution in [-0.2, 0) is 6.18 Å². The van der Waals surface area contributed by atoms with Gasteiger partial charge in [-0.25, -0.2) is 9.97 Å². The molecule has 0 radical (unpaired) electrons. The van der Waals surface area contributed by atoms with E-state index in [0.29, 0.717) is 32.0 Å². The molecule has 2 heterocycles. The maximum Gasteiger partial charge on any atom is 0.416 e. The predicted molar refractivity (Wildman–Crippen MR) is 93.8 cm³/mol. The topological polar surface area (TPSA) is 87.0 Å². The molecule has 0 saturated heterocycles. The van der Waals surface area contributed by atoms with Crippen LogP contribution in [0.1, 0.15) is 11.3 Å². The smallest absolute Gasteiger partial charge is 0.416 e. The zero-order valence-electron chi connectivity index (χ0n) is 13.1. The van der Waals surface area contributed by atoms with Gasteiger partial charge in [-0.15, -0.1) is 0 Å². The number of nitrogens with zero attached hydrogens (tertiary/aromatic N) is 2. The third-order valence-corrected chi connectivity index (χ3v) is 5.35. The highest BCUT2D eigenvalue weighted by molar-refractivity contribution is 7.21. The standard InChI is InChI=1S/C15H13F3N4OS2/c1-6-11(24-13(19)21-6)10-12(25-14(20)22-10)8-5-7(15(16,17)18)3-4-9(8)23-2/h3-5H,1-2H3,(H2,19,21)(H2,20,22). The zero-order valence-corrected chi connectivity index (χ0v) is 14.8. The lowest BCUT2D eigenvalue weighted by molar-refractivity contribution is -0.137. The van der Waals surface area contributed by atoms with Gasteiger partial charge in [-0.1, -0.05) is 22.7 Å². The van der Waals surface area contributed by atoms with Crippen LogP contribution in [0.4, 0.5) is 23.4 Å². The largest absolute Gasteiger partial charge is 0.496 e. The number of nitrogens with two attached hydrogens (primary N) is 2. The predicted octanol–water partition coefficient (Wildman–Crippen LogP) is 4.43. The number of aromatic nitrogens is 2. The van der Waals surface area contributed by atoms with Crippen LogP contribution >= 0.6 is 22.7 Å². The summed E-state index contributed by atoms with van der Waals surface area (Å²) in [5.41, 5.74) is 12.1. The number of aryl methyl sites for hydroxylation is 1. The minimum Gasteiger partial charge on any atom is -0.496 e. The van der Waals surface area contributed by atoms with E-state index in [1.54, 1.807) is 6.92 Å². The van der Waals surface area contributed by atoms with Gasteiger partial charge < -0.3 is 16.2 Å². The lowest BCUT2D eigenvalue weighted by atomic mass is 10.1. The molecule has 0 saturated carbocycles. The molecule has 3 rings (SSSR count). The maximum atomic E-state index is 13.1. The molecule has 0 aliphatic carbocycles. The van der Waals surface area contributed by atoms with Crippen LogP contribution in [0.2, 0.25) is 0 Å². The Labute approximate surface area is 149 Å². The van der Waals surface area contributed by atoms with Gasteiger partial charge in [0.1, 0.15) is 11.4 Å². The molecule has 4 N–H and O–H groups in total. The summed E-state index contributed by atoms with van der Waals surface area (Å²) in [6, 6.07) is 3.29. The average Bonchev–Trinajstić information content (AvgIpc) is 3.07. The average molecular weight is 386 g/mol. The molecule has 0 spiro atoms. The van der Waals surface area contributed by atoms with E-state index >= 15 is 0 Å². The van der Waals surface area contributed by atoms with E-state index in [4.69, 9.17) is 16.2 Å². The first-order valence-electron chi connectivity index (χ1n) is 6.96. The van der Waals surface area contributed by atoms with Crippen LogP contribution in [0.5, 0.6) is 5.75 Å². The summed E-state index contributed by atoms with van der Waals surface area (Å²) in [7, 11) is 1.39. The normalized spacial score (nSPS) is 11.7. The SMILES string of the molecule is COc1ccc(C(F)(F)F)cc1-c1sc(N)nc1-c1sc(N)nc1C. The van der Waals surface area contributed by atoms with Crippen molar-refractivity contribution in [2.45, 2.75) is 13.1 Å². The molecule has 5 nitrogen and oxygen atoms in total. The second-order valence-electron chi connectivity index (χ2n) is 5.11. The molecular weight excluding hydrogens is 373 g/mol. The Balaban J connectivity index is 2.25. The maximum absolute atomic E-state index is 13.1. The number of halogens is 3. The van der Waals surface area contributed by atoms with Crippen molar-refractivity contribution in [3.8, 4) is 26.8 Å². The number of benzene rings is 1. The fourth-order valence-electron chi connectivity index (χ4n) is 2.37. The van der Waals surface area contributed by atoms with E-state index in [9.17, 15) is 13.2 Å². The number of thiazole rings is 2. The van der Waals surface area contributed by atoms with Crippen molar-refractivity contribution in [1.29, 1.82) is 0 Å². The monoisotopic (exact) mass is 386 g/mol. The molecule has 0 atom stereocenters. The number of hydrogen-bond donors (Lipinski definition) is 2. The Morgan fingerprint density at radius 1 is 1.04 bits per heavy atom. The quantitative estimate of drug-likeness (QED) is 0.695. The van der Waals surface area contributed by atoms with Crippen LogP contribution < -0.4 is 16.2 Å². The molecule has 132 valence electrons. The zero-order chi connectivity index (χ0) is 18.4. The minimum absolute atomic E-state index is 0.232. The summed E-state index contributed by atoms with van der Waals surface area (Å²) in [5.74, 6) is 0.299. The van der Waals surface area contributed by atoms with E-state index in [-0.39, 0.29) is 10.7 Å². The molecule has 2 aromatic heterocycles. The summed E-state index contributed by atoms with van der Waals surface area (Å²) < 4.78 is 44.6. The Kier molecular flexibility index (Phi) is 4.33. The van der Waals surface area contributed by atoms with Crippen molar-refractivity contribution in [2.75, 3.05) is 18.6 Å². The Bertz CT molecular complexity index is 933. The van der Waals surface area contributed by atoms with Gasteiger partial charge in [0.25, 0.3) is 0 Å². The van der Waals surface area contributed by atoms with Crippen LogP contribution in [0, 0.1) is 6.92 Å². The molecule has 0 unspecified atom stereocenters. The van der Waals surface area contributed by atoms with Gasteiger partial charge in [0.2, 0.25) is 0 Å². The lowest BCUT2D eigenvalue weighted by Gasteiger charge is -2.12. The van der Waals surface area contributed by atoms with Gasteiger partial charge in [0.05, 0.1) is 28.1 Å². The van der Waals surface area contributed by atoms with E-state index in [0.717, 1.165) is 23.5 Å². The van der Waals surface area contributed by atoms with Crippen LogP contribution in [-0.4, -0.2) is 17.1 Å². The number of anilines is 2. The number of alkyl halides is 3.